The second-order valence-corrected chi connectivity index (χ2v) is 6.45. The van der Waals surface area contributed by atoms with Gasteiger partial charge in [0.1, 0.15) is 6.61 Å². The highest BCUT2D eigenvalue weighted by molar-refractivity contribution is 5.76. The number of benzene rings is 1. The average molecular weight is 329 g/mol. The Morgan fingerprint density at radius 1 is 1.42 bits per heavy atom. The van der Waals surface area contributed by atoms with Crippen LogP contribution in [0.3, 0.4) is 0 Å². The fourth-order valence-electron chi connectivity index (χ4n) is 3.44. The molecule has 0 radical (unpaired) electrons. The quantitative estimate of drug-likeness (QED) is 0.905. The third-order valence-electron chi connectivity index (χ3n) is 4.94. The number of nitrogens with zero attached hydrogens (tertiary/aromatic N) is 2. The van der Waals surface area contributed by atoms with E-state index in [2.05, 4.69) is 16.3 Å². The lowest BCUT2D eigenvalue weighted by Crippen LogP contribution is -2.44. The van der Waals surface area contributed by atoms with E-state index in [9.17, 15) is 4.79 Å². The Labute approximate surface area is 142 Å². The maximum Gasteiger partial charge on any atom is 0.245 e. The molecule has 2 saturated heterocycles. The van der Waals surface area contributed by atoms with E-state index in [0.717, 1.165) is 38.0 Å². The maximum absolute atomic E-state index is 11.3. The van der Waals surface area contributed by atoms with Crippen LogP contribution in [0.1, 0.15) is 24.8 Å². The molecule has 6 nitrogen and oxygen atoms in total. The molecule has 0 saturated carbocycles. The number of hydrogen-bond acceptors (Lipinski definition) is 5. The molecule has 0 unspecified atom stereocenters. The number of carbonyl (C=O) groups is 1. The minimum atomic E-state index is -0.115. The lowest BCUT2D eigenvalue weighted by atomic mass is 9.87. The zero-order chi connectivity index (χ0) is 17.0. The van der Waals surface area contributed by atoms with Gasteiger partial charge in [0, 0.05) is 32.2 Å². The second-order valence-electron chi connectivity index (χ2n) is 6.45. The van der Waals surface area contributed by atoms with Crippen LogP contribution in [0, 0.1) is 11.3 Å². The summed E-state index contributed by atoms with van der Waals surface area (Å²) in [4.78, 5) is 13.6. The Bertz CT molecular complexity index is 615. The Hall–Kier alpha value is -2.10. The molecule has 24 heavy (non-hydrogen) atoms. The Morgan fingerprint density at radius 2 is 2.12 bits per heavy atom. The maximum atomic E-state index is 11.3. The summed E-state index contributed by atoms with van der Waals surface area (Å²) in [5.41, 5.74) is 1.72. The molecule has 0 aromatic heterocycles. The minimum absolute atomic E-state index is 0.00348. The third-order valence-corrected chi connectivity index (χ3v) is 4.94. The van der Waals surface area contributed by atoms with E-state index in [1.54, 1.807) is 7.05 Å². The van der Waals surface area contributed by atoms with E-state index < -0.39 is 0 Å². The number of anilines is 1. The van der Waals surface area contributed by atoms with Gasteiger partial charge in [0.05, 0.1) is 29.9 Å². The van der Waals surface area contributed by atoms with Gasteiger partial charge in [-0.3, -0.25) is 4.79 Å². The molecule has 2 fully saturated rings. The van der Waals surface area contributed by atoms with Crippen molar-refractivity contribution < 1.29 is 14.3 Å². The predicted octanol–water partition coefficient (Wildman–Crippen LogP) is 1.45. The summed E-state index contributed by atoms with van der Waals surface area (Å²) in [5.74, 6) is -0.105. The van der Waals surface area contributed by atoms with Crippen molar-refractivity contribution in [3.05, 3.63) is 29.8 Å². The topological polar surface area (TPSA) is 74.6 Å². The molecular formula is C18H23N3O3. The van der Waals surface area contributed by atoms with Gasteiger partial charge in [-0.2, -0.15) is 5.26 Å². The SMILES string of the molecule is CNC(=O)CO[C@H]1COC2(CCN(c3ccc(C#N)cc3)CC2)C1. The molecule has 2 aliphatic heterocycles. The highest BCUT2D eigenvalue weighted by atomic mass is 16.6. The second kappa shape index (κ2) is 7.20. The summed E-state index contributed by atoms with van der Waals surface area (Å²) in [6.45, 7) is 2.51. The monoisotopic (exact) mass is 329 g/mol. The van der Waals surface area contributed by atoms with Crippen LogP contribution in [0.4, 0.5) is 5.69 Å². The van der Waals surface area contributed by atoms with Gasteiger partial charge >= 0.3 is 0 Å². The van der Waals surface area contributed by atoms with Crippen LogP contribution in [0.25, 0.3) is 0 Å². The van der Waals surface area contributed by atoms with Gasteiger partial charge in [-0.15, -0.1) is 0 Å². The highest BCUT2D eigenvalue weighted by Gasteiger charge is 2.43. The number of amides is 1. The molecule has 3 rings (SSSR count). The first kappa shape index (κ1) is 16.7. The third kappa shape index (κ3) is 3.69. The van der Waals surface area contributed by atoms with E-state index >= 15 is 0 Å². The van der Waals surface area contributed by atoms with Crippen LogP contribution in [-0.4, -0.2) is 51.0 Å². The van der Waals surface area contributed by atoms with Crippen LogP contribution in [0.15, 0.2) is 24.3 Å². The van der Waals surface area contributed by atoms with Gasteiger partial charge in [-0.25, -0.2) is 0 Å². The number of ether oxygens (including phenoxy) is 2. The normalized spacial score (nSPS) is 22.3. The molecule has 2 aliphatic rings. The molecule has 2 heterocycles. The fraction of sp³-hybridized carbons (Fsp3) is 0.556. The van der Waals surface area contributed by atoms with Gasteiger partial charge in [0.15, 0.2) is 0 Å². The zero-order valence-corrected chi connectivity index (χ0v) is 14.0. The van der Waals surface area contributed by atoms with E-state index in [1.807, 2.05) is 24.3 Å². The van der Waals surface area contributed by atoms with Crippen molar-refractivity contribution in [1.29, 1.82) is 5.26 Å². The molecule has 1 amide bonds. The van der Waals surface area contributed by atoms with E-state index in [4.69, 9.17) is 14.7 Å². The number of piperidine rings is 1. The molecule has 6 heteroatoms. The van der Waals surface area contributed by atoms with Crippen LogP contribution in [-0.2, 0) is 14.3 Å². The number of rotatable bonds is 4. The molecule has 1 N–H and O–H groups in total. The van der Waals surface area contributed by atoms with Gasteiger partial charge in [0.2, 0.25) is 5.91 Å². The van der Waals surface area contributed by atoms with Crippen LogP contribution < -0.4 is 10.2 Å². The summed E-state index contributed by atoms with van der Waals surface area (Å²) in [7, 11) is 1.61. The summed E-state index contributed by atoms with van der Waals surface area (Å²) in [5, 5.41) is 11.4. The average Bonchev–Trinajstić information content (AvgIpc) is 3.03. The number of carbonyl (C=O) groups excluding carboxylic acids is 1. The van der Waals surface area contributed by atoms with Crippen LogP contribution >= 0.6 is 0 Å². The van der Waals surface area contributed by atoms with Crippen molar-refractivity contribution in [1.82, 2.24) is 5.32 Å². The van der Waals surface area contributed by atoms with Crippen molar-refractivity contribution in [2.45, 2.75) is 31.0 Å². The van der Waals surface area contributed by atoms with Crippen molar-refractivity contribution in [2.24, 2.45) is 0 Å². The number of likely N-dealkylation sites (N-methyl/N-ethyl adjacent to an activating group) is 1. The first-order chi connectivity index (χ1) is 11.6. The van der Waals surface area contributed by atoms with Gasteiger partial charge in [0.25, 0.3) is 0 Å². The molecule has 1 aromatic rings. The number of nitrogens with one attached hydrogen (secondary N) is 1. The predicted molar refractivity (Wildman–Crippen MR) is 89.7 cm³/mol. The smallest absolute Gasteiger partial charge is 0.245 e. The van der Waals surface area contributed by atoms with Crippen molar-refractivity contribution in [3.63, 3.8) is 0 Å². The first-order valence-electron chi connectivity index (χ1n) is 8.35. The van der Waals surface area contributed by atoms with Gasteiger partial charge in [-0.05, 0) is 37.1 Å². The minimum Gasteiger partial charge on any atom is -0.372 e. The lowest BCUT2D eigenvalue weighted by Gasteiger charge is -2.39. The van der Waals surface area contributed by atoms with Gasteiger partial charge < -0.3 is 19.7 Å². The molecule has 1 spiro atoms. The zero-order valence-electron chi connectivity index (χ0n) is 14.0. The van der Waals surface area contributed by atoms with Crippen molar-refractivity contribution in [3.8, 4) is 6.07 Å². The van der Waals surface area contributed by atoms with E-state index in [1.165, 1.54) is 0 Å². The number of nitriles is 1. The van der Waals surface area contributed by atoms with Gasteiger partial charge in [-0.1, -0.05) is 0 Å². The van der Waals surface area contributed by atoms with Crippen LogP contribution in [0.2, 0.25) is 0 Å². The van der Waals surface area contributed by atoms with Crippen LogP contribution in [0.5, 0.6) is 0 Å². The standard InChI is InChI=1S/C18H23N3O3/c1-20-17(22)13-23-16-10-18(24-12-16)6-8-21(9-7-18)15-4-2-14(11-19)3-5-15/h2-5,16H,6-10,12-13H2,1H3,(H,20,22)/t16-/m1/s1. The Morgan fingerprint density at radius 3 is 2.75 bits per heavy atom. The molecule has 128 valence electrons. The number of hydrogen-bond donors (Lipinski definition) is 1. The summed E-state index contributed by atoms with van der Waals surface area (Å²) < 4.78 is 11.7. The lowest BCUT2D eigenvalue weighted by molar-refractivity contribution is -0.127. The van der Waals surface area contributed by atoms with E-state index in [-0.39, 0.29) is 24.2 Å². The molecular weight excluding hydrogens is 306 g/mol. The Balaban J connectivity index is 1.51. The molecule has 0 aliphatic carbocycles. The largest absolute Gasteiger partial charge is 0.372 e. The Kier molecular flexibility index (Phi) is 5.03. The van der Waals surface area contributed by atoms with Crippen molar-refractivity contribution in [2.75, 3.05) is 38.3 Å². The summed E-state index contributed by atoms with van der Waals surface area (Å²) in [6.07, 6.45) is 2.76. The molecule has 1 atom stereocenters. The summed E-state index contributed by atoms with van der Waals surface area (Å²) >= 11 is 0. The molecule has 1 aromatic carbocycles. The first-order valence-corrected chi connectivity index (χ1v) is 8.35. The van der Waals surface area contributed by atoms with Crippen molar-refractivity contribution >= 4 is 11.6 Å². The highest BCUT2D eigenvalue weighted by Crippen LogP contribution is 2.38. The molecule has 0 bridgehead atoms. The van der Waals surface area contributed by atoms with E-state index in [0.29, 0.717) is 12.2 Å². The summed E-state index contributed by atoms with van der Waals surface area (Å²) in [6, 6.07) is 9.86. The fourth-order valence-corrected chi connectivity index (χ4v) is 3.44.